The molecule has 0 aromatic heterocycles. The molecule has 3 rings (SSSR count). The summed E-state index contributed by atoms with van der Waals surface area (Å²) in [6.07, 6.45) is 0.742. The van der Waals surface area contributed by atoms with E-state index in [4.69, 9.17) is 4.74 Å². The molecule has 5 N–H and O–H groups in total. The summed E-state index contributed by atoms with van der Waals surface area (Å²) in [6.45, 7) is 6.25. The van der Waals surface area contributed by atoms with Gasteiger partial charge in [-0.3, -0.25) is 20.3 Å². The topological polar surface area (TPSA) is 89.7 Å². The van der Waals surface area contributed by atoms with Crippen LogP contribution in [0.4, 0.5) is 5.69 Å². The molecule has 0 aliphatic carbocycles. The summed E-state index contributed by atoms with van der Waals surface area (Å²) in [5.74, 6) is -0.201. The van der Waals surface area contributed by atoms with Gasteiger partial charge in [0.05, 0.1) is 18.7 Å². The molecular formula is C21H36N6O2. The van der Waals surface area contributed by atoms with Gasteiger partial charge >= 0.3 is 0 Å². The van der Waals surface area contributed by atoms with Crippen LogP contribution in [-0.2, 0) is 9.53 Å². The van der Waals surface area contributed by atoms with E-state index in [9.17, 15) is 4.79 Å². The largest absolute Gasteiger partial charge is 0.380 e. The summed E-state index contributed by atoms with van der Waals surface area (Å²) >= 11 is 0. The van der Waals surface area contributed by atoms with Gasteiger partial charge in [0.25, 0.3) is 0 Å². The third kappa shape index (κ3) is 5.26. The zero-order valence-corrected chi connectivity index (χ0v) is 18.2. The molecule has 162 valence electrons. The Morgan fingerprint density at radius 1 is 1.21 bits per heavy atom. The number of nitrogens with zero attached hydrogens (tertiary/aromatic N) is 1. The van der Waals surface area contributed by atoms with Crippen molar-refractivity contribution >= 4 is 11.6 Å². The van der Waals surface area contributed by atoms with Gasteiger partial charge in [0.2, 0.25) is 5.91 Å². The maximum absolute atomic E-state index is 12.5. The van der Waals surface area contributed by atoms with Crippen molar-refractivity contribution in [1.82, 2.24) is 26.2 Å². The third-order valence-electron chi connectivity index (χ3n) is 6.02. The Hall–Kier alpha value is -1.71. The minimum absolute atomic E-state index is 0.0205. The molecule has 0 spiro atoms. The molecule has 2 aliphatic heterocycles. The van der Waals surface area contributed by atoms with Gasteiger partial charge in [-0.25, -0.2) is 0 Å². The van der Waals surface area contributed by atoms with Crippen LogP contribution in [0.25, 0.3) is 0 Å². The van der Waals surface area contributed by atoms with Gasteiger partial charge in [0.1, 0.15) is 6.29 Å². The van der Waals surface area contributed by atoms with Crippen LogP contribution in [0.1, 0.15) is 17.5 Å². The molecule has 0 saturated carbocycles. The molecule has 8 heteroatoms. The number of ether oxygens (including phenoxy) is 1. The van der Waals surface area contributed by atoms with Crippen LogP contribution in [0, 0.1) is 19.8 Å². The van der Waals surface area contributed by atoms with Crippen molar-refractivity contribution in [3.63, 3.8) is 0 Å². The normalized spacial score (nSPS) is 30.2. The Balaban J connectivity index is 1.76. The Morgan fingerprint density at radius 3 is 2.59 bits per heavy atom. The lowest BCUT2D eigenvalue weighted by Crippen LogP contribution is -2.71. The molecule has 1 amide bonds. The van der Waals surface area contributed by atoms with Crippen molar-refractivity contribution in [2.75, 3.05) is 46.2 Å². The van der Waals surface area contributed by atoms with E-state index >= 15 is 0 Å². The van der Waals surface area contributed by atoms with Gasteiger partial charge in [-0.2, -0.15) is 0 Å². The second-order valence-electron chi connectivity index (χ2n) is 8.19. The van der Waals surface area contributed by atoms with E-state index in [1.54, 1.807) is 7.05 Å². The second-order valence-corrected chi connectivity index (χ2v) is 8.19. The molecular weight excluding hydrogens is 368 g/mol. The highest BCUT2D eigenvalue weighted by atomic mass is 16.5. The summed E-state index contributed by atoms with van der Waals surface area (Å²) in [5, 5.41) is 16.9. The van der Waals surface area contributed by atoms with Crippen molar-refractivity contribution in [1.29, 1.82) is 0 Å². The number of hydrogen-bond acceptors (Lipinski definition) is 7. The minimum atomic E-state index is -0.222. The Bertz CT molecular complexity index is 679. The third-order valence-corrected chi connectivity index (χ3v) is 6.02. The van der Waals surface area contributed by atoms with Crippen LogP contribution in [-0.4, -0.2) is 76.2 Å². The van der Waals surface area contributed by atoms with Crippen LogP contribution in [0.5, 0.6) is 0 Å². The molecule has 1 aromatic rings. The number of likely N-dealkylation sites (N-methyl/N-ethyl adjacent to an activating group) is 2. The van der Waals surface area contributed by atoms with Gasteiger partial charge in [-0.05, 0) is 57.6 Å². The van der Waals surface area contributed by atoms with Gasteiger partial charge in [0.15, 0.2) is 0 Å². The molecule has 4 unspecified atom stereocenters. The molecule has 2 heterocycles. The lowest BCUT2D eigenvalue weighted by atomic mass is 9.99. The molecule has 2 aliphatic rings. The number of carbonyl (C=O) groups excluding carboxylic acids is 1. The maximum atomic E-state index is 12.5. The highest BCUT2D eigenvalue weighted by molar-refractivity contribution is 5.80. The van der Waals surface area contributed by atoms with E-state index in [1.807, 2.05) is 7.05 Å². The van der Waals surface area contributed by atoms with Crippen molar-refractivity contribution in [2.24, 2.45) is 5.92 Å². The average molecular weight is 405 g/mol. The van der Waals surface area contributed by atoms with E-state index < -0.39 is 0 Å². The summed E-state index contributed by atoms with van der Waals surface area (Å²) in [5.41, 5.74) is 3.42. The zero-order valence-electron chi connectivity index (χ0n) is 18.2. The van der Waals surface area contributed by atoms with Crippen LogP contribution < -0.4 is 26.6 Å². The predicted octanol–water partition coefficient (Wildman–Crippen LogP) is 0.189. The Labute approximate surface area is 174 Å². The van der Waals surface area contributed by atoms with E-state index in [2.05, 4.69) is 70.6 Å². The smallest absolute Gasteiger partial charge is 0.227 e. The number of hydrogen-bond donors (Lipinski definition) is 5. The highest BCUT2D eigenvalue weighted by Gasteiger charge is 2.38. The minimum Gasteiger partial charge on any atom is -0.380 e. The van der Waals surface area contributed by atoms with Crippen LogP contribution in [0.15, 0.2) is 18.2 Å². The molecule has 1 aromatic carbocycles. The van der Waals surface area contributed by atoms with Crippen LogP contribution in [0.2, 0.25) is 0 Å². The first-order valence-electron chi connectivity index (χ1n) is 10.5. The van der Waals surface area contributed by atoms with Crippen molar-refractivity contribution < 1.29 is 9.53 Å². The average Bonchev–Trinajstić information content (AvgIpc) is 2.71. The molecule has 0 radical (unpaired) electrons. The second kappa shape index (κ2) is 9.86. The fourth-order valence-electron chi connectivity index (χ4n) is 4.45. The van der Waals surface area contributed by atoms with E-state index in [0.29, 0.717) is 19.2 Å². The van der Waals surface area contributed by atoms with Crippen LogP contribution in [0.3, 0.4) is 0 Å². The summed E-state index contributed by atoms with van der Waals surface area (Å²) < 4.78 is 5.63. The van der Waals surface area contributed by atoms with Gasteiger partial charge < -0.3 is 20.7 Å². The fraction of sp³-hybridized carbons (Fsp3) is 0.667. The summed E-state index contributed by atoms with van der Waals surface area (Å²) in [7, 11) is 5.79. The monoisotopic (exact) mass is 404 g/mol. The van der Waals surface area contributed by atoms with E-state index in [-0.39, 0.29) is 30.3 Å². The first-order chi connectivity index (χ1) is 13.9. The van der Waals surface area contributed by atoms with Gasteiger partial charge in [-0.1, -0.05) is 6.07 Å². The maximum Gasteiger partial charge on any atom is 0.227 e. The lowest BCUT2D eigenvalue weighted by Gasteiger charge is -2.46. The number of aryl methyl sites for hydroxylation is 2. The van der Waals surface area contributed by atoms with E-state index in [0.717, 1.165) is 18.7 Å². The first-order valence-corrected chi connectivity index (χ1v) is 10.5. The summed E-state index contributed by atoms with van der Waals surface area (Å²) in [6, 6.07) is 7.01. The Kier molecular flexibility index (Phi) is 7.48. The number of amides is 1. The SMILES string of the molecule is CNC(=O)C1CNC(N(C)[C@@H]2CCOCC2NC)NC1Nc1cc(C)cc(C)c1. The zero-order chi connectivity index (χ0) is 21.0. The molecule has 8 nitrogen and oxygen atoms in total. The van der Waals surface area contributed by atoms with Crippen molar-refractivity contribution in [2.45, 2.75) is 44.8 Å². The number of rotatable bonds is 6. The molecule has 2 fully saturated rings. The molecule has 29 heavy (non-hydrogen) atoms. The van der Waals surface area contributed by atoms with Crippen molar-refractivity contribution in [3.8, 4) is 0 Å². The molecule has 5 atom stereocenters. The number of nitrogens with one attached hydrogen (secondary N) is 5. The standard InChI is InChI=1S/C21H36N6O2/c1-13-8-14(2)10-15(9-13)25-19-16(20(28)23-4)11-24-21(26-19)27(5)18-6-7-29-12-17(18)22-3/h8-10,16-19,21-22,24-26H,6-7,11-12H2,1-5H3,(H,23,28)/t16?,17?,18-,19?,21?/m1/s1. The van der Waals surface area contributed by atoms with Gasteiger partial charge in [-0.15, -0.1) is 0 Å². The fourth-order valence-corrected chi connectivity index (χ4v) is 4.45. The number of carbonyl (C=O) groups is 1. The summed E-state index contributed by atoms with van der Waals surface area (Å²) in [4.78, 5) is 14.8. The van der Waals surface area contributed by atoms with Crippen LogP contribution >= 0.6 is 0 Å². The van der Waals surface area contributed by atoms with Gasteiger partial charge in [0, 0.05) is 38.0 Å². The molecule has 2 saturated heterocycles. The quantitative estimate of drug-likeness (QED) is 0.462. The molecule has 0 bridgehead atoms. The number of anilines is 1. The number of benzene rings is 1. The van der Waals surface area contributed by atoms with Crippen molar-refractivity contribution in [3.05, 3.63) is 29.3 Å². The Morgan fingerprint density at radius 2 is 1.93 bits per heavy atom. The highest BCUT2D eigenvalue weighted by Crippen LogP contribution is 2.21. The first kappa shape index (κ1) is 22.0. The predicted molar refractivity (Wildman–Crippen MR) is 116 cm³/mol. The van der Waals surface area contributed by atoms with E-state index in [1.165, 1.54) is 11.1 Å². The lowest BCUT2D eigenvalue weighted by molar-refractivity contribution is -0.126.